The third kappa shape index (κ3) is 1.94. The second-order valence-corrected chi connectivity index (χ2v) is 4.93. The predicted molar refractivity (Wildman–Crippen MR) is 56.6 cm³/mol. The standard InChI is InChI=1S/C11H13BrO/c1-8-6-11(8,13)7-9-2-4-10(12)5-3-9/h2-5,8,13H,6-7H2,1H3. The lowest BCUT2D eigenvalue weighted by atomic mass is 10.1. The van der Waals surface area contributed by atoms with E-state index in [1.54, 1.807) is 0 Å². The van der Waals surface area contributed by atoms with Gasteiger partial charge in [0.2, 0.25) is 0 Å². The quantitative estimate of drug-likeness (QED) is 0.844. The van der Waals surface area contributed by atoms with Gasteiger partial charge in [-0.25, -0.2) is 0 Å². The summed E-state index contributed by atoms with van der Waals surface area (Å²) in [5.41, 5.74) is 0.809. The van der Waals surface area contributed by atoms with Gasteiger partial charge in [-0.1, -0.05) is 35.0 Å². The number of hydrogen-bond acceptors (Lipinski definition) is 1. The Morgan fingerprint density at radius 2 is 2.00 bits per heavy atom. The van der Waals surface area contributed by atoms with E-state index in [1.165, 1.54) is 5.56 Å². The maximum Gasteiger partial charge on any atom is 0.0718 e. The minimum atomic E-state index is -0.409. The fourth-order valence-electron chi connectivity index (χ4n) is 1.67. The summed E-state index contributed by atoms with van der Waals surface area (Å²) < 4.78 is 1.09. The van der Waals surface area contributed by atoms with Crippen LogP contribution in [0, 0.1) is 5.92 Å². The number of rotatable bonds is 2. The van der Waals surface area contributed by atoms with Gasteiger partial charge >= 0.3 is 0 Å². The maximum atomic E-state index is 9.91. The SMILES string of the molecule is CC1CC1(O)Cc1ccc(Br)cc1. The third-order valence-corrected chi connectivity index (χ3v) is 3.37. The summed E-state index contributed by atoms with van der Waals surface area (Å²) in [6.07, 6.45) is 1.74. The molecule has 70 valence electrons. The number of hydrogen-bond donors (Lipinski definition) is 1. The zero-order chi connectivity index (χ0) is 9.47. The van der Waals surface area contributed by atoms with Crippen molar-refractivity contribution in [3.05, 3.63) is 34.3 Å². The molecule has 0 radical (unpaired) electrons. The van der Waals surface area contributed by atoms with Crippen LogP contribution in [0.15, 0.2) is 28.7 Å². The molecule has 1 saturated carbocycles. The van der Waals surface area contributed by atoms with Gasteiger partial charge in [0.05, 0.1) is 5.60 Å². The Kier molecular flexibility index (Phi) is 2.20. The Labute approximate surface area is 86.9 Å². The van der Waals surface area contributed by atoms with Gasteiger partial charge in [0.15, 0.2) is 0 Å². The van der Waals surface area contributed by atoms with Crippen LogP contribution in [-0.4, -0.2) is 10.7 Å². The molecule has 1 aliphatic carbocycles. The summed E-state index contributed by atoms with van der Waals surface area (Å²) in [4.78, 5) is 0. The van der Waals surface area contributed by atoms with Gasteiger partial charge in [-0.15, -0.1) is 0 Å². The lowest BCUT2D eigenvalue weighted by Crippen LogP contribution is -2.13. The molecule has 1 nitrogen and oxygen atoms in total. The first-order valence-corrected chi connectivity index (χ1v) is 5.36. The number of halogens is 1. The van der Waals surface area contributed by atoms with Crippen molar-refractivity contribution in [3.8, 4) is 0 Å². The molecular weight excluding hydrogens is 228 g/mol. The lowest BCUT2D eigenvalue weighted by Gasteiger charge is -2.08. The van der Waals surface area contributed by atoms with Crippen LogP contribution in [0.4, 0.5) is 0 Å². The first-order valence-electron chi connectivity index (χ1n) is 4.57. The van der Waals surface area contributed by atoms with E-state index in [9.17, 15) is 5.11 Å². The first-order chi connectivity index (χ1) is 6.10. The van der Waals surface area contributed by atoms with E-state index in [0.29, 0.717) is 5.92 Å². The molecule has 0 spiro atoms. The molecule has 13 heavy (non-hydrogen) atoms. The minimum Gasteiger partial charge on any atom is -0.389 e. The monoisotopic (exact) mass is 240 g/mol. The fourth-order valence-corrected chi connectivity index (χ4v) is 1.94. The molecule has 2 unspecified atom stereocenters. The number of benzene rings is 1. The highest BCUT2D eigenvalue weighted by molar-refractivity contribution is 9.10. The molecule has 0 heterocycles. The summed E-state index contributed by atoms with van der Waals surface area (Å²) in [6.45, 7) is 2.10. The van der Waals surface area contributed by atoms with Crippen LogP contribution in [0.1, 0.15) is 18.9 Å². The highest BCUT2D eigenvalue weighted by Crippen LogP contribution is 2.45. The fraction of sp³-hybridized carbons (Fsp3) is 0.455. The highest BCUT2D eigenvalue weighted by Gasteiger charge is 2.49. The Balaban J connectivity index is 2.07. The van der Waals surface area contributed by atoms with Crippen molar-refractivity contribution < 1.29 is 5.11 Å². The van der Waals surface area contributed by atoms with Crippen LogP contribution in [0.5, 0.6) is 0 Å². The van der Waals surface area contributed by atoms with Crippen LogP contribution >= 0.6 is 15.9 Å². The molecule has 0 saturated heterocycles. The van der Waals surface area contributed by atoms with Crippen molar-refractivity contribution >= 4 is 15.9 Å². The number of aliphatic hydroxyl groups is 1. The van der Waals surface area contributed by atoms with Gasteiger partial charge in [0.25, 0.3) is 0 Å². The zero-order valence-corrected chi connectivity index (χ0v) is 9.21. The van der Waals surface area contributed by atoms with E-state index in [1.807, 2.05) is 12.1 Å². The average molecular weight is 241 g/mol. The molecule has 2 rings (SSSR count). The largest absolute Gasteiger partial charge is 0.389 e. The topological polar surface area (TPSA) is 20.2 Å². The lowest BCUT2D eigenvalue weighted by molar-refractivity contribution is 0.135. The van der Waals surface area contributed by atoms with Crippen LogP contribution in [0.25, 0.3) is 0 Å². The van der Waals surface area contributed by atoms with E-state index in [2.05, 4.69) is 35.0 Å². The van der Waals surface area contributed by atoms with E-state index in [0.717, 1.165) is 17.3 Å². The van der Waals surface area contributed by atoms with Gasteiger partial charge in [-0.3, -0.25) is 0 Å². The van der Waals surface area contributed by atoms with Gasteiger partial charge in [-0.05, 0) is 30.0 Å². The van der Waals surface area contributed by atoms with Crippen LogP contribution in [0.3, 0.4) is 0 Å². The molecule has 0 bridgehead atoms. The Morgan fingerprint density at radius 3 is 2.46 bits per heavy atom. The van der Waals surface area contributed by atoms with Gasteiger partial charge < -0.3 is 5.11 Å². The summed E-state index contributed by atoms with van der Waals surface area (Å²) in [5, 5.41) is 9.91. The normalized spacial score (nSPS) is 31.8. The molecule has 0 aromatic heterocycles. The zero-order valence-electron chi connectivity index (χ0n) is 7.63. The molecule has 0 aliphatic heterocycles. The second-order valence-electron chi connectivity index (χ2n) is 4.01. The van der Waals surface area contributed by atoms with Crippen LogP contribution in [-0.2, 0) is 6.42 Å². The highest BCUT2D eigenvalue weighted by atomic mass is 79.9. The Hall–Kier alpha value is -0.340. The van der Waals surface area contributed by atoms with E-state index < -0.39 is 5.60 Å². The van der Waals surface area contributed by atoms with Crippen molar-refractivity contribution in [1.82, 2.24) is 0 Å². The van der Waals surface area contributed by atoms with Crippen LogP contribution < -0.4 is 0 Å². The Bertz CT molecular complexity index is 306. The molecule has 1 fully saturated rings. The van der Waals surface area contributed by atoms with E-state index in [4.69, 9.17) is 0 Å². The van der Waals surface area contributed by atoms with E-state index in [-0.39, 0.29) is 0 Å². The molecule has 1 aromatic rings. The summed E-state index contributed by atoms with van der Waals surface area (Å²) in [5.74, 6) is 0.469. The Morgan fingerprint density at radius 1 is 1.46 bits per heavy atom. The van der Waals surface area contributed by atoms with Crippen molar-refractivity contribution in [2.75, 3.05) is 0 Å². The summed E-state index contributed by atoms with van der Waals surface area (Å²) in [7, 11) is 0. The molecule has 2 atom stereocenters. The van der Waals surface area contributed by atoms with Gasteiger partial charge in [-0.2, -0.15) is 0 Å². The predicted octanol–water partition coefficient (Wildman–Crippen LogP) is 2.76. The smallest absolute Gasteiger partial charge is 0.0718 e. The van der Waals surface area contributed by atoms with Crippen molar-refractivity contribution in [2.24, 2.45) is 5.92 Å². The summed E-state index contributed by atoms with van der Waals surface area (Å²) in [6, 6.07) is 8.16. The maximum absolute atomic E-state index is 9.91. The molecular formula is C11H13BrO. The molecule has 1 aliphatic rings. The molecule has 1 aromatic carbocycles. The first kappa shape index (κ1) is 9.22. The minimum absolute atomic E-state index is 0.409. The molecule has 1 N–H and O–H groups in total. The van der Waals surface area contributed by atoms with Gasteiger partial charge in [0, 0.05) is 10.9 Å². The summed E-state index contributed by atoms with van der Waals surface area (Å²) >= 11 is 3.39. The third-order valence-electron chi connectivity index (χ3n) is 2.84. The van der Waals surface area contributed by atoms with E-state index >= 15 is 0 Å². The molecule has 2 heteroatoms. The second kappa shape index (κ2) is 3.10. The van der Waals surface area contributed by atoms with Gasteiger partial charge in [0.1, 0.15) is 0 Å². The molecule has 0 amide bonds. The van der Waals surface area contributed by atoms with Crippen molar-refractivity contribution in [1.29, 1.82) is 0 Å². The average Bonchev–Trinajstić information content (AvgIpc) is 2.65. The van der Waals surface area contributed by atoms with Crippen molar-refractivity contribution in [3.63, 3.8) is 0 Å². The van der Waals surface area contributed by atoms with Crippen LogP contribution in [0.2, 0.25) is 0 Å². The van der Waals surface area contributed by atoms with Crippen molar-refractivity contribution in [2.45, 2.75) is 25.4 Å².